The number of halogens is 2. The third-order valence-corrected chi connectivity index (χ3v) is 3.87. The van der Waals surface area contributed by atoms with Gasteiger partial charge in [-0.15, -0.1) is 0 Å². The van der Waals surface area contributed by atoms with Crippen LogP contribution >= 0.6 is 0 Å². The highest BCUT2D eigenvalue weighted by Gasteiger charge is 2.24. The molecule has 0 saturated heterocycles. The molecule has 1 fully saturated rings. The molecule has 0 bridgehead atoms. The van der Waals surface area contributed by atoms with Crippen molar-refractivity contribution in [3.63, 3.8) is 0 Å². The minimum Gasteiger partial charge on any atom is -0.435 e. The molecule has 3 rings (SSSR count). The summed E-state index contributed by atoms with van der Waals surface area (Å²) in [7, 11) is 0. The molecule has 1 saturated carbocycles. The van der Waals surface area contributed by atoms with Crippen LogP contribution in [0.25, 0.3) is 6.08 Å². The number of para-hydroxylation sites is 1. The van der Waals surface area contributed by atoms with Gasteiger partial charge in [-0.3, -0.25) is 9.59 Å². The second-order valence-corrected chi connectivity index (χ2v) is 6.06. The fourth-order valence-corrected chi connectivity index (χ4v) is 2.39. The van der Waals surface area contributed by atoms with E-state index in [4.69, 9.17) is 0 Å². The first-order valence-corrected chi connectivity index (χ1v) is 8.45. The molecule has 0 radical (unpaired) electrons. The fourth-order valence-electron chi connectivity index (χ4n) is 2.39. The second kappa shape index (κ2) is 8.44. The molecule has 5 nitrogen and oxygen atoms in total. The predicted molar refractivity (Wildman–Crippen MR) is 97.7 cm³/mol. The summed E-state index contributed by atoms with van der Waals surface area (Å²) in [5.74, 6) is -0.580. The first-order chi connectivity index (χ1) is 13.0. The predicted octanol–water partition coefficient (Wildman–Crippen LogP) is 3.83. The number of benzene rings is 2. The molecule has 0 spiro atoms. The number of hydrogen-bond donors (Lipinski definition) is 2. The number of rotatable bonds is 7. The van der Waals surface area contributed by atoms with Gasteiger partial charge in [-0.25, -0.2) is 0 Å². The molecule has 1 aliphatic carbocycles. The van der Waals surface area contributed by atoms with E-state index in [9.17, 15) is 18.4 Å². The van der Waals surface area contributed by atoms with E-state index in [0.29, 0.717) is 16.8 Å². The highest BCUT2D eigenvalue weighted by molar-refractivity contribution is 6.07. The minimum absolute atomic E-state index is 0.0437. The molecule has 1 aliphatic rings. The average molecular weight is 372 g/mol. The fraction of sp³-hybridized carbons (Fsp3) is 0.200. The Morgan fingerprint density at radius 3 is 2.44 bits per heavy atom. The molecule has 0 unspecified atom stereocenters. The lowest BCUT2D eigenvalue weighted by molar-refractivity contribution is -0.111. The highest BCUT2D eigenvalue weighted by atomic mass is 19.3. The van der Waals surface area contributed by atoms with Crippen molar-refractivity contribution in [2.75, 3.05) is 5.32 Å². The summed E-state index contributed by atoms with van der Waals surface area (Å²) in [5.41, 5.74) is 1.47. The van der Waals surface area contributed by atoms with Crippen LogP contribution in [0.1, 0.15) is 28.8 Å². The third-order valence-electron chi connectivity index (χ3n) is 3.87. The molecule has 0 heterocycles. The average Bonchev–Trinajstić information content (AvgIpc) is 3.45. The lowest BCUT2D eigenvalue weighted by atomic mass is 10.1. The Hall–Kier alpha value is -3.22. The second-order valence-electron chi connectivity index (χ2n) is 6.06. The molecule has 0 atom stereocenters. The van der Waals surface area contributed by atoms with Gasteiger partial charge in [0.25, 0.3) is 5.91 Å². The van der Waals surface area contributed by atoms with E-state index in [1.165, 1.54) is 24.3 Å². The van der Waals surface area contributed by atoms with Crippen molar-refractivity contribution >= 4 is 23.6 Å². The lowest BCUT2D eigenvalue weighted by Gasteiger charge is -2.10. The Balaban J connectivity index is 1.62. The van der Waals surface area contributed by atoms with Crippen LogP contribution in [0.2, 0.25) is 0 Å². The molecule has 2 amide bonds. The molecule has 140 valence electrons. The number of hydrogen-bond acceptors (Lipinski definition) is 3. The van der Waals surface area contributed by atoms with Crippen molar-refractivity contribution in [1.82, 2.24) is 5.32 Å². The van der Waals surface area contributed by atoms with Gasteiger partial charge in [0.15, 0.2) is 0 Å². The summed E-state index contributed by atoms with van der Waals surface area (Å²) in [4.78, 5) is 24.4. The Morgan fingerprint density at radius 2 is 1.78 bits per heavy atom. The molecule has 0 aromatic heterocycles. The standard InChI is InChI=1S/C20H18F2N2O3/c21-20(22)27-15-10-5-13(6-11-15)7-12-18(25)24-17-4-2-1-3-16(17)19(26)23-14-8-9-14/h1-7,10-12,14,20H,8-9H2,(H,23,26)(H,24,25)/b12-7+. The number of carbonyl (C=O) groups excluding carboxylic acids is 2. The number of alkyl halides is 2. The Bertz CT molecular complexity index is 847. The Labute approximate surface area is 155 Å². The van der Waals surface area contributed by atoms with Crippen LogP contribution in [0, 0.1) is 0 Å². The van der Waals surface area contributed by atoms with Gasteiger partial charge in [0, 0.05) is 12.1 Å². The van der Waals surface area contributed by atoms with Crippen molar-refractivity contribution in [2.45, 2.75) is 25.5 Å². The van der Waals surface area contributed by atoms with Crippen LogP contribution in [0.5, 0.6) is 5.75 Å². The van der Waals surface area contributed by atoms with Gasteiger partial charge in [-0.05, 0) is 48.7 Å². The first kappa shape index (κ1) is 18.6. The summed E-state index contributed by atoms with van der Waals surface area (Å²) < 4.78 is 28.5. The Morgan fingerprint density at radius 1 is 1.07 bits per heavy atom. The van der Waals surface area contributed by atoms with Crippen LogP contribution in [-0.4, -0.2) is 24.5 Å². The van der Waals surface area contributed by atoms with Gasteiger partial charge in [0.2, 0.25) is 5.91 Å². The van der Waals surface area contributed by atoms with Gasteiger partial charge >= 0.3 is 6.61 Å². The maximum Gasteiger partial charge on any atom is 0.387 e. The van der Waals surface area contributed by atoms with E-state index in [1.807, 2.05) is 0 Å². The number of ether oxygens (including phenoxy) is 1. The normalized spacial score (nSPS) is 13.6. The minimum atomic E-state index is -2.88. The summed E-state index contributed by atoms with van der Waals surface area (Å²) in [6, 6.07) is 12.9. The van der Waals surface area contributed by atoms with Gasteiger partial charge in [0.1, 0.15) is 5.75 Å². The smallest absolute Gasteiger partial charge is 0.387 e. The zero-order chi connectivity index (χ0) is 19.2. The van der Waals surface area contributed by atoms with E-state index in [2.05, 4.69) is 15.4 Å². The zero-order valence-corrected chi connectivity index (χ0v) is 14.3. The van der Waals surface area contributed by atoms with E-state index >= 15 is 0 Å². The van der Waals surface area contributed by atoms with Crippen molar-refractivity contribution < 1.29 is 23.1 Å². The van der Waals surface area contributed by atoms with Crippen LogP contribution < -0.4 is 15.4 Å². The Kier molecular flexibility index (Phi) is 5.80. The maximum atomic E-state index is 12.2. The SMILES string of the molecule is O=C(/C=C/c1ccc(OC(F)F)cc1)Nc1ccccc1C(=O)NC1CC1. The van der Waals surface area contributed by atoms with Crippen molar-refractivity contribution in [1.29, 1.82) is 0 Å². The lowest BCUT2D eigenvalue weighted by Crippen LogP contribution is -2.26. The number of nitrogens with one attached hydrogen (secondary N) is 2. The van der Waals surface area contributed by atoms with Gasteiger partial charge in [-0.2, -0.15) is 8.78 Å². The van der Waals surface area contributed by atoms with Gasteiger partial charge in [0.05, 0.1) is 11.3 Å². The molecule has 2 aromatic rings. The van der Waals surface area contributed by atoms with Crippen LogP contribution in [0.15, 0.2) is 54.6 Å². The molecular weight excluding hydrogens is 354 g/mol. The van der Waals surface area contributed by atoms with E-state index < -0.39 is 12.5 Å². The first-order valence-electron chi connectivity index (χ1n) is 8.45. The van der Waals surface area contributed by atoms with Crippen molar-refractivity contribution in [3.05, 3.63) is 65.7 Å². The molecular formula is C20H18F2N2O3. The van der Waals surface area contributed by atoms with Crippen LogP contribution in [0.4, 0.5) is 14.5 Å². The summed E-state index contributed by atoms with van der Waals surface area (Å²) in [6.45, 7) is -2.88. The zero-order valence-electron chi connectivity index (χ0n) is 14.3. The van der Waals surface area contributed by atoms with E-state index in [0.717, 1.165) is 12.8 Å². The summed E-state index contributed by atoms with van der Waals surface area (Å²) in [6.07, 6.45) is 4.79. The van der Waals surface area contributed by atoms with Crippen LogP contribution in [0.3, 0.4) is 0 Å². The molecule has 2 N–H and O–H groups in total. The quantitative estimate of drug-likeness (QED) is 0.726. The maximum absolute atomic E-state index is 12.2. The summed E-state index contributed by atoms with van der Waals surface area (Å²) >= 11 is 0. The van der Waals surface area contributed by atoms with Crippen molar-refractivity contribution in [3.8, 4) is 5.75 Å². The number of anilines is 1. The molecule has 7 heteroatoms. The third kappa shape index (κ3) is 5.64. The molecule has 27 heavy (non-hydrogen) atoms. The van der Waals surface area contributed by atoms with E-state index in [1.54, 1.807) is 36.4 Å². The topological polar surface area (TPSA) is 67.4 Å². The largest absolute Gasteiger partial charge is 0.435 e. The summed E-state index contributed by atoms with van der Waals surface area (Å²) in [5, 5.41) is 5.57. The number of amides is 2. The number of carbonyl (C=O) groups is 2. The van der Waals surface area contributed by atoms with Gasteiger partial charge in [-0.1, -0.05) is 24.3 Å². The van der Waals surface area contributed by atoms with Crippen molar-refractivity contribution in [2.24, 2.45) is 0 Å². The monoisotopic (exact) mass is 372 g/mol. The van der Waals surface area contributed by atoms with Gasteiger partial charge < -0.3 is 15.4 Å². The molecule has 2 aromatic carbocycles. The molecule has 0 aliphatic heterocycles. The van der Waals surface area contributed by atoms with E-state index in [-0.39, 0.29) is 17.7 Å². The van der Waals surface area contributed by atoms with Crippen LogP contribution in [-0.2, 0) is 4.79 Å². The highest BCUT2D eigenvalue weighted by Crippen LogP contribution is 2.21.